The quantitative estimate of drug-likeness (QED) is 0.671. The summed E-state index contributed by atoms with van der Waals surface area (Å²) < 4.78 is 6.34. The minimum atomic E-state index is -0.114. The van der Waals surface area contributed by atoms with Gasteiger partial charge in [0.15, 0.2) is 0 Å². The van der Waals surface area contributed by atoms with Crippen molar-refractivity contribution >= 4 is 39.3 Å². The average Bonchev–Trinajstić information content (AvgIpc) is 2.74. The third-order valence-corrected chi connectivity index (χ3v) is 6.21. The van der Waals surface area contributed by atoms with Crippen molar-refractivity contribution < 1.29 is 14.3 Å². The van der Waals surface area contributed by atoms with Crippen LogP contribution in [0.1, 0.15) is 28.8 Å². The van der Waals surface area contributed by atoms with Gasteiger partial charge in [-0.1, -0.05) is 45.7 Å². The number of hydrogen-bond donors (Lipinski definition) is 1. The minimum absolute atomic E-state index is 0.0597. The van der Waals surface area contributed by atoms with Crippen molar-refractivity contribution in [3.8, 4) is 5.75 Å². The Balaban J connectivity index is 1.50. The number of hydrogen-bond acceptors (Lipinski definition) is 3. The number of rotatable bonds is 6. The van der Waals surface area contributed by atoms with Gasteiger partial charge in [0, 0.05) is 35.0 Å². The van der Waals surface area contributed by atoms with Crippen LogP contribution in [0.25, 0.3) is 0 Å². The van der Waals surface area contributed by atoms with Crippen LogP contribution >= 0.6 is 27.5 Å². The number of halogens is 2. The average molecular weight is 480 g/mol. The molecule has 0 atom stereocenters. The molecule has 0 unspecified atom stereocenters. The first-order valence-electron chi connectivity index (χ1n) is 9.63. The summed E-state index contributed by atoms with van der Waals surface area (Å²) in [6.45, 7) is 1.67. The lowest BCUT2D eigenvalue weighted by Gasteiger charge is -2.31. The highest BCUT2D eigenvalue weighted by Crippen LogP contribution is 2.26. The van der Waals surface area contributed by atoms with Gasteiger partial charge in [0.05, 0.1) is 12.7 Å². The molecule has 5 nitrogen and oxygen atoms in total. The molecule has 7 heteroatoms. The molecule has 0 aromatic heterocycles. The van der Waals surface area contributed by atoms with E-state index in [2.05, 4.69) is 21.2 Å². The van der Waals surface area contributed by atoms with E-state index in [1.807, 2.05) is 24.3 Å². The predicted octanol–water partition coefficient (Wildman–Crippen LogP) is 4.32. The van der Waals surface area contributed by atoms with Crippen LogP contribution in [0, 0.1) is 5.92 Å². The number of carbonyl (C=O) groups excluding carboxylic acids is 2. The number of benzene rings is 2. The first-order chi connectivity index (χ1) is 14.0. The Bertz CT molecular complexity index is 882. The SMILES string of the molecule is COc1ccc(Cl)cc1C(=O)N1CCC(C(=O)NCCc2ccccc2Br)CC1. The zero-order valence-corrected chi connectivity index (χ0v) is 18.6. The van der Waals surface area contributed by atoms with E-state index in [1.54, 1.807) is 23.1 Å². The van der Waals surface area contributed by atoms with Crippen LogP contribution in [-0.4, -0.2) is 43.5 Å². The molecular weight excluding hydrogens is 456 g/mol. The van der Waals surface area contributed by atoms with Gasteiger partial charge in [0.1, 0.15) is 5.75 Å². The molecule has 0 spiro atoms. The molecule has 1 fully saturated rings. The summed E-state index contributed by atoms with van der Waals surface area (Å²) in [4.78, 5) is 27.1. The van der Waals surface area contributed by atoms with Gasteiger partial charge in [-0.25, -0.2) is 0 Å². The van der Waals surface area contributed by atoms with Crippen molar-refractivity contribution in [1.82, 2.24) is 10.2 Å². The van der Waals surface area contributed by atoms with Crippen LogP contribution < -0.4 is 10.1 Å². The van der Waals surface area contributed by atoms with E-state index in [0.717, 1.165) is 10.9 Å². The number of nitrogens with one attached hydrogen (secondary N) is 1. The van der Waals surface area contributed by atoms with Crippen molar-refractivity contribution in [2.45, 2.75) is 19.3 Å². The van der Waals surface area contributed by atoms with E-state index in [0.29, 0.717) is 48.8 Å². The molecule has 29 heavy (non-hydrogen) atoms. The molecule has 1 saturated heterocycles. The summed E-state index contributed by atoms with van der Waals surface area (Å²) in [5.74, 6) is 0.382. The van der Waals surface area contributed by atoms with E-state index in [4.69, 9.17) is 16.3 Å². The summed E-state index contributed by atoms with van der Waals surface area (Å²) >= 11 is 9.57. The van der Waals surface area contributed by atoms with Crippen molar-refractivity contribution in [1.29, 1.82) is 0 Å². The van der Waals surface area contributed by atoms with Crippen LogP contribution in [-0.2, 0) is 11.2 Å². The summed E-state index contributed by atoms with van der Waals surface area (Å²) in [6, 6.07) is 13.0. The highest BCUT2D eigenvalue weighted by molar-refractivity contribution is 9.10. The van der Waals surface area contributed by atoms with Crippen molar-refractivity contribution in [3.05, 3.63) is 63.1 Å². The molecule has 1 N–H and O–H groups in total. The Kier molecular flexibility index (Phi) is 7.56. The molecule has 0 aliphatic carbocycles. The summed E-state index contributed by atoms with van der Waals surface area (Å²) in [5.41, 5.74) is 1.63. The van der Waals surface area contributed by atoms with Gasteiger partial charge in [-0.15, -0.1) is 0 Å². The van der Waals surface area contributed by atoms with E-state index in [-0.39, 0.29) is 17.7 Å². The standard InChI is InChI=1S/C22H24BrClN2O3/c1-29-20-7-6-17(24)14-18(20)22(28)26-12-9-16(10-13-26)21(27)25-11-8-15-4-2-3-5-19(15)23/h2-7,14,16H,8-13H2,1H3,(H,25,27). The molecule has 0 bridgehead atoms. The first kappa shape index (κ1) is 21.7. The fourth-order valence-corrected chi connectivity index (χ4v) is 4.18. The van der Waals surface area contributed by atoms with Gasteiger partial charge in [-0.05, 0) is 49.1 Å². The normalized spacial score (nSPS) is 14.5. The Morgan fingerprint density at radius 1 is 1.21 bits per heavy atom. The van der Waals surface area contributed by atoms with Gasteiger partial charge in [-0.2, -0.15) is 0 Å². The highest BCUT2D eigenvalue weighted by Gasteiger charge is 2.29. The van der Waals surface area contributed by atoms with Crippen LogP contribution in [0.15, 0.2) is 46.9 Å². The van der Waals surface area contributed by atoms with E-state index in [9.17, 15) is 9.59 Å². The van der Waals surface area contributed by atoms with Crippen LogP contribution in [0.4, 0.5) is 0 Å². The number of carbonyl (C=O) groups is 2. The maximum atomic E-state index is 12.9. The lowest BCUT2D eigenvalue weighted by Crippen LogP contribution is -2.43. The number of nitrogens with zero attached hydrogens (tertiary/aromatic N) is 1. The van der Waals surface area contributed by atoms with E-state index in [1.165, 1.54) is 12.7 Å². The molecule has 0 radical (unpaired) electrons. The molecule has 154 valence electrons. The molecule has 1 aliphatic heterocycles. The smallest absolute Gasteiger partial charge is 0.257 e. The maximum Gasteiger partial charge on any atom is 0.257 e. The lowest BCUT2D eigenvalue weighted by atomic mass is 9.95. The third kappa shape index (κ3) is 5.52. The molecule has 2 aromatic carbocycles. The second-order valence-corrected chi connectivity index (χ2v) is 8.33. The number of piperidine rings is 1. The van der Waals surface area contributed by atoms with Gasteiger partial charge in [0.2, 0.25) is 5.91 Å². The lowest BCUT2D eigenvalue weighted by molar-refractivity contribution is -0.126. The van der Waals surface area contributed by atoms with Crippen LogP contribution in [0.5, 0.6) is 5.75 Å². The van der Waals surface area contributed by atoms with Gasteiger partial charge in [-0.3, -0.25) is 9.59 Å². The molecular formula is C22H24BrClN2O3. The second kappa shape index (κ2) is 10.1. The molecule has 0 saturated carbocycles. The van der Waals surface area contributed by atoms with Crippen LogP contribution in [0.2, 0.25) is 5.02 Å². The number of amides is 2. The fourth-order valence-electron chi connectivity index (χ4n) is 3.53. The third-order valence-electron chi connectivity index (χ3n) is 5.20. The van der Waals surface area contributed by atoms with Gasteiger partial charge in [0.25, 0.3) is 5.91 Å². The predicted molar refractivity (Wildman–Crippen MR) is 117 cm³/mol. The number of ether oxygens (including phenoxy) is 1. The maximum absolute atomic E-state index is 12.9. The largest absolute Gasteiger partial charge is 0.496 e. The Hall–Kier alpha value is -2.05. The van der Waals surface area contributed by atoms with Gasteiger partial charge < -0.3 is 15.0 Å². The number of likely N-dealkylation sites (tertiary alicyclic amines) is 1. The summed E-state index contributed by atoms with van der Waals surface area (Å²) in [5, 5.41) is 3.52. The molecule has 1 aliphatic rings. The van der Waals surface area contributed by atoms with Crippen molar-refractivity contribution in [2.24, 2.45) is 5.92 Å². The summed E-state index contributed by atoms with van der Waals surface area (Å²) in [6.07, 6.45) is 2.07. The second-order valence-electron chi connectivity index (χ2n) is 7.04. The topological polar surface area (TPSA) is 58.6 Å². The highest BCUT2D eigenvalue weighted by atomic mass is 79.9. The molecule has 2 amide bonds. The Labute approximate surface area is 184 Å². The Morgan fingerprint density at radius 3 is 2.62 bits per heavy atom. The molecule has 2 aromatic rings. The minimum Gasteiger partial charge on any atom is -0.496 e. The Morgan fingerprint density at radius 2 is 1.93 bits per heavy atom. The van der Waals surface area contributed by atoms with Gasteiger partial charge >= 0.3 is 0 Å². The fraction of sp³-hybridized carbons (Fsp3) is 0.364. The first-order valence-corrected chi connectivity index (χ1v) is 10.8. The zero-order chi connectivity index (χ0) is 20.8. The molecule has 1 heterocycles. The monoisotopic (exact) mass is 478 g/mol. The summed E-state index contributed by atoms with van der Waals surface area (Å²) in [7, 11) is 1.53. The van der Waals surface area contributed by atoms with E-state index >= 15 is 0 Å². The van der Waals surface area contributed by atoms with Crippen LogP contribution in [0.3, 0.4) is 0 Å². The van der Waals surface area contributed by atoms with E-state index < -0.39 is 0 Å². The van der Waals surface area contributed by atoms with Crippen molar-refractivity contribution in [3.63, 3.8) is 0 Å². The number of methoxy groups -OCH3 is 1. The zero-order valence-electron chi connectivity index (χ0n) is 16.3. The molecule has 3 rings (SSSR count). The van der Waals surface area contributed by atoms with Crippen molar-refractivity contribution in [2.75, 3.05) is 26.7 Å².